The first-order valence-electron chi connectivity index (χ1n) is 3.50. The van der Waals surface area contributed by atoms with Gasteiger partial charge in [-0.3, -0.25) is 4.90 Å². The number of rotatable bonds is 1. The number of nitrogens with one attached hydrogen (secondary N) is 1. The second kappa shape index (κ2) is 3.30. The van der Waals surface area contributed by atoms with Gasteiger partial charge in [-0.05, 0) is 13.8 Å². The standard InChI is InChI=1S/C7H14N2S/c1-6(2)9-4-8-7(3)10-5-9/h6,8H,3-5H2,1-2H3. The van der Waals surface area contributed by atoms with Crippen LogP contribution in [0.5, 0.6) is 0 Å². The SMILES string of the molecule is C=C1NCN(C(C)C)CS1. The Hall–Kier alpha value is -0.150. The Morgan fingerprint density at radius 3 is 2.80 bits per heavy atom. The zero-order valence-electron chi connectivity index (χ0n) is 6.55. The molecule has 0 aliphatic carbocycles. The Labute approximate surface area is 66.7 Å². The predicted octanol–water partition coefficient (Wildman–Crippen LogP) is 1.42. The van der Waals surface area contributed by atoms with Crippen LogP contribution in [0.1, 0.15) is 13.8 Å². The number of hydrogen-bond donors (Lipinski definition) is 1. The van der Waals surface area contributed by atoms with Gasteiger partial charge in [0.2, 0.25) is 0 Å². The van der Waals surface area contributed by atoms with E-state index in [2.05, 4.69) is 30.6 Å². The first-order valence-corrected chi connectivity index (χ1v) is 4.48. The Morgan fingerprint density at radius 1 is 1.70 bits per heavy atom. The molecule has 58 valence electrons. The van der Waals surface area contributed by atoms with Crippen molar-refractivity contribution in [2.75, 3.05) is 12.5 Å². The van der Waals surface area contributed by atoms with Gasteiger partial charge in [0.1, 0.15) is 0 Å². The topological polar surface area (TPSA) is 15.3 Å². The highest BCUT2D eigenvalue weighted by Crippen LogP contribution is 2.17. The van der Waals surface area contributed by atoms with Crippen LogP contribution in [0.15, 0.2) is 11.6 Å². The van der Waals surface area contributed by atoms with Crippen molar-refractivity contribution in [2.24, 2.45) is 0 Å². The lowest BCUT2D eigenvalue weighted by Gasteiger charge is -2.31. The van der Waals surface area contributed by atoms with E-state index in [1.807, 2.05) is 0 Å². The molecule has 1 heterocycles. The van der Waals surface area contributed by atoms with Crippen LogP contribution in [0.2, 0.25) is 0 Å². The van der Waals surface area contributed by atoms with E-state index in [1.54, 1.807) is 11.8 Å². The predicted molar refractivity (Wildman–Crippen MR) is 46.6 cm³/mol. The summed E-state index contributed by atoms with van der Waals surface area (Å²) in [5, 5.41) is 4.30. The van der Waals surface area contributed by atoms with Gasteiger partial charge in [-0.2, -0.15) is 0 Å². The second-order valence-electron chi connectivity index (χ2n) is 2.71. The third kappa shape index (κ3) is 1.92. The molecular weight excluding hydrogens is 144 g/mol. The molecular formula is C7H14N2S. The van der Waals surface area contributed by atoms with Crippen molar-refractivity contribution in [1.82, 2.24) is 10.2 Å². The summed E-state index contributed by atoms with van der Waals surface area (Å²) in [7, 11) is 0. The maximum Gasteiger partial charge on any atom is 0.0691 e. The van der Waals surface area contributed by atoms with E-state index >= 15 is 0 Å². The van der Waals surface area contributed by atoms with Gasteiger partial charge >= 0.3 is 0 Å². The first-order chi connectivity index (χ1) is 4.70. The van der Waals surface area contributed by atoms with Crippen molar-refractivity contribution in [3.63, 3.8) is 0 Å². The Kier molecular flexibility index (Phi) is 2.63. The summed E-state index contributed by atoms with van der Waals surface area (Å²) in [6.07, 6.45) is 0. The van der Waals surface area contributed by atoms with Gasteiger partial charge in [-0.1, -0.05) is 18.3 Å². The molecule has 3 heteroatoms. The average Bonchev–Trinajstić information content (AvgIpc) is 1.88. The van der Waals surface area contributed by atoms with Gasteiger partial charge in [-0.25, -0.2) is 0 Å². The lowest BCUT2D eigenvalue weighted by atomic mass is 10.4. The molecule has 1 N–H and O–H groups in total. The molecule has 0 aromatic heterocycles. The van der Waals surface area contributed by atoms with Gasteiger partial charge in [0, 0.05) is 6.04 Å². The van der Waals surface area contributed by atoms with Crippen molar-refractivity contribution < 1.29 is 0 Å². The van der Waals surface area contributed by atoms with Crippen molar-refractivity contribution in [2.45, 2.75) is 19.9 Å². The molecule has 1 fully saturated rings. The van der Waals surface area contributed by atoms with E-state index < -0.39 is 0 Å². The fraction of sp³-hybridized carbons (Fsp3) is 0.714. The minimum atomic E-state index is 0.632. The maximum atomic E-state index is 3.83. The molecule has 1 aliphatic rings. The Bertz CT molecular complexity index is 124. The summed E-state index contributed by atoms with van der Waals surface area (Å²) in [4.78, 5) is 2.36. The van der Waals surface area contributed by atoms with Gasteiger partial charge in [0.05, 0.1) is 17.6 Å². The van der Waals surface area contributed by atoms with E-state index in [4.69, 9.17) is 0 Å². The third-order valence-electron chi connectivity index (χ3n) is 1.61. The van der Waals surface area contributed by atoms with Crippen molar-refractivity contribution >= 4 is 11.8 Å². The first kappa shape index (κ1) is 7.95. The van der Waals surface area contributed by atoms with E-state index in [-0.39, 0.29) is 0 Å². The molecule has 0 saturated carbocycles. The van der Waals surface area contributed by atoms with Crippen LogP contribution in [0.25, 0.3) is 0 Å². The number of nitrogens with zero attached hydrogens (tertiary/aromatic N) is 1. The van der Waals surface area contributed by atoms with Crippen LogP contribution in [0, 0.1) is 0 Å². The minimum absolute atomic E-state index is 0.632. The second-order valence-corrected chi connectivity index (χ2v) is 3.75. The lowest BCUT2D eigenvalue weighted by Crippen LogP contribution is -2.41. The van der Waals surface area contributed by atoms with E-state index in [0.717, 1.165) is 17.6 Å². The van der Waals surface area contributed by atoms with Crippen LogP contribution in [0.3, 0.4) is 0 Å². The largest absolute Gasteiger partial charge is 0.367 e. The molecule has 0 amide bonds. The molecule has 0 radical (unpaired) electrons. The highest BCUT2D eigenvalue weighted by Gasteiger charge is 2.13. The Balaban J connectivity index is 2.33. The molecule has 0 unspecified atom stereocenters. The molecule has 0 bridgehead atoms. The van der Waals surface area contributed by atoms with Crippen LogP contribution in [0.4, 0.5) is 0 Å². The minimum Gasteiger partial charge on any atom is -0.367 e. The van der Waals surface area contributed by atoms with Crippen LogP contribution < -0.4 is 5.32 Å². The van der Waals surface area contributed by atoms with Gasteiger partial charge in [0.25, 0.3) is 0 Å². The molecule has 0 aromatic carbocycles. The molecule has 1 saturated heterocycles. The van der Waals surface area contributed by atoms with Crippen LogP contribution in [-0.2, 0) is 0 Å². The fourth-order valence-electron chi connectivity index (χ4n) is 0.779. The number of thioether (sulfide) groups is 1. The fourth-order valence-corrected chi connectivity index (χ4v) is 1.66. The van der Waals surface area contributed by atoms with Gasteiger partial charge in [-0.15, -0.1) is 0 Å². The van der Waals surface area contributed by atoms with E-state index in [9.17, 15) is 0 Å². The molecule has 1 rings (SSSR count). The Morgan fingerprint density at radius 2 is 2.40 bits per heavy atom. The molecule has 10 heavy (non-hydrogen) atoms. The van der Waals surface area contributed by atoms with E-state index in [1.165, 1.54) is 0 Å². The van der Waals surface area contributed by atoms with Crippen LogP contribution >= 0.6 is 11.8 Å². The number of hydrogen-bond acceptors (Lipinski definition) is 3. The smallest absolute Gasteiger partial charge is 0.0691 e. The van der Waals surface area contributed by atoms with Crippen molar-refractivity contribution in [3.05, 3.63) is 11.6 Å². The van der Waals surface area contributed by atoms with Gasteiger partial charge < -0.3 is 5.32 Å². The lowest BCUT2D eigenvalue weighted by molar-refractivity contribution is 0.247. The zero-order chi connectivity index (χ0) is 7.56. The summed E-state index contributed by atoms with van der Waals surface area (Å²) in [5.74, 6) is 1.07. The maximum absolute atomic E-state index is 3.83. The molecule has 0 spiro atoms. The normalized spacial score (nSPS) is 21.3. The summed E-state index contributed by atoms with van der Waals surface area (Å²) < 4.78 is 0. The quantitative estimate of drug-likeness (QED) is 0.621. The monoisotopic (exact) mass is 158 g/mol. The summed E-state index contributed by atoms with van der Waals surface area (Å²) in [6.45, 7) is 9.19. The summed E-state index contributed by atoms with van der Waals surface area (Å²) >= 11 is 1.77. The molecule has 0 atom stereocenters. The molecule has 1 aliphatic heterocycles. The molecule has 0 aromatic rings. The van der Waals surface area contributed by atoms with Crippen molar-refractivity contribution in [1.29, 1.82) is 0 Å². The highest BCUT2D eigenvalue weighted by molar-refractivity contribution is 8.02. The summed E-state index contributed by atoms with van der Waals surface area (Å²) in [6, 6.07) is 0.632. The van der Waals surface area contributed by atoms with Crippen molar-refractivity contribution in [3.8, 4) is 0 Å². The van der Waals surface area contributed by atoms with Crippen LogP contribution in [-0.4, -0.2) is 23.5 Å². The average molecular weight is 158 g/mol. The van der Waals surface area contributed by atoms with E-state index in [0.29, 0.717) is 6.04 Å². The third-order valence-corrected chi connectivity index (χ3v) is 2.57. The molecule has 2 nitrogen and oxygen atoms in total. The van der Waals surface area contributed by atoms with Gasteiger partial charge in [0.15, 0.2) is 0 Å². The summed E-state index contributed by atoms with van der Waals surface area (Å²) in [5.41, 5.74) is 0. The zero-order valence-corrected chi connectivity index (χ0v) is 7.37. The highest BCUT2D eigenvalue weighted by atomic mass is 32.2.